The molecule has 1 N–H and O–H groups in total. The van der Waals surface area contributed by atoms with Gasteiger partial charge < -0.3 is 15.0 Å². The van der Waals surface area contributed by atoms with Gasteiger partial charge in [-0.1, -0.05) is 75.0 Å². The van der Waals surface area contributed by atoms with Crippen molar-refractivity contribution < 1.29 is 9.53 Å². The van der Waals surface area contributed by atoms with E-state index in [1.54, 1.807) is 11.8 Å². The number of morpholine rings is 1. The average Bonchev–Trinajstić information content (AvgIpc) is 2.88. The molecular formula is C28H34N4O2S. The first-order valence-corrected chi connectivity index (χ1v) is 13.1. The second kappa shape index (κ2) is 11.2. The van der Waals surface area contributed by atoms with Crippen molar-refractivity contribution in [1.29, 1.82) is 0 Å². The average molecular weight is 491 g/mol. The molecule has 0 bridgehead atoms. The van der Waals surface area contributed by atoms with Crippen LogP contribution in [0.15, 0.2) is 65.8 Å². The molecular weight excluding hydrogens is 456 g/mol. The molecule has 1 atom stereocenters. The molecule has 2 aromatic carbocycles. The summed E-state index contributed by atoms with van der Waals surface area (Å²) in [7, 11) is 0. The lowest BCUT2D eigenvalue weighted by atomic mass is 9.92. The number of hydrogen-bond acceptors (Lipinski definition) is 6. The lowest BCUT2D eigenvalue weighted by Crippen LogP contribution is -2.37. The fourth-order valence-electron chi connectivity index (χ4n) is 3.82. The van der Waals surface area contributed by atoms with E-state index in [9.17, 15) is 4.79 Å². The molecule has 1 aromatic heterocycles. The first-order chi connectivity index (χ1) is 16.8. The smallest absolute Gasteiger partial charge is 0.251 e. The molecule has 3 aromatic rings. The van der Waals surface area contributed by atoms with Gasteiger partial charge in [-0.2, -0.15) is 0 Å². The van der Waals surface area contributed by atoms with Gasteiger partial charge in [-0.05, 0) is 30.2 Å². The molecule has 1 aliphatic heterocycles. The number of nitrogens with zero attached hydrogens (tertiary/aromatic N) is 3. The Hall–Kier alpha value is -2.90. The second-order valence-electron chi connectivity index (χ2n) is 9.83. The van der Waals surface area contributed by atoms with Gasteiger partial charge in [0.05, 0.1) is 24.9 Å². The van der Waals surface area contributed by atoms with E-state index in [1.807, 2.05) is 61.5 Å². The summed E-state index contributed by atoms with van der Waals surface area (Å²) >= 11 is 1.62. The highest BCUT2D eigenvalue weighted by atomic mass is 32.2. The Labute approximate surface area is 212 Å². The van der Waals surface area contributed by atoms with E-state index in [0.29, 0.717) is 5.56 Å². The number of carbonyl (C=O) groups excluding carboxylic acids is 1. The molecule has 1 saturated heterocycles. The highest BCUT2D eigenvalue weighted by Crippen LogP contribution is 2.29. The van der Waals surface area contributed by atoms with Crippen LogP contribution in [0, 0.1) is 0 Å². The van der Waals surface area contributed by atoms with E-state index >= 15 is 0 Å². The molecule has 0 radical (unpaired) electrons. The third-order valence-corrected chi connectivity index (χ3v) is 6.95. The minimum absolute atomic E-state index is 0.0492. The van der Waals surface area contributed by atoms with Crippen LogP contribution in [0.2, 0.25) is 0 Å². The largest absolute Gasteiger partial charge is 0.378 e. The number of nitrogens with one attached hydrogen (secondary N) is 1. The highest BCUT2D eigenvalue weighted by Gasteiger charge is 2.21. The van der Waals surface area contributed by atoms with E-state index in [2.05, 4.69) is 37.1 Å². The Balaban J connectivity index is 1.41. The van der Waals surface area contributed by atoms with Gasteiger partial charge in [0.15, 0.2) is 5.16 Å². The highest BCUT2D eigenvalue weighted by molar-refractivity contribution is 7.98. The van der Waals surface area contributed by atoms with Gasteiger partial charge in [0.25, 0.3) is 5.91 Å². The maximum Gasteiger partial charge on any atom is 0.251 e. The molecule has 1 fully saturated rings. The van der Waals surface area contributed by atoms with E-state index in [1.165, 1.54) is 0 Å². The molecule has 184 valence electrons. The predicted molar refractivity (Wildman–Crippen MR) is 142 cm³/mol. The number of aromatic nitrogens is 2. The van der Waals surface area contributed by atoms with Crippen molar-refractivity contribution in [3.63, 3.8) is 0 Å². The van der Waals surface area contributed by atoms with Crippen LogP contribution in [0.4, 0.5) is 5.82 Å². The van der Waals surface area contributed by atoms with Crippen molar-refractivity contribution in [2.24, 2.45) is 0 Å². The molecule has 0 spiro atoms. The zero-order chi connectivity index (χ0) is 24.8. The third kappa shape index (κ3) is 6.83. The number of amides is 1. The predicted octanol–water partition coefficient (Wildman–Crippen LogP) is 5.39. The number of hydrogen-bond donors (Lipinski definition) is 1. The minimum atomic E-state index is -0.0723. The molecule has 0 aliphatic carbocycles. The van der Waals surface area contributed by atoms with Crippen LogP contribution < -0.4 is 10.2 Å². The number of rotatable bonds is 7. The zero-order valence-corrected chi connectivity index (χ0v) is 21.8. The summed E-state index contributed by atoms with van der Waals surface area (Å²) in [4.78, 5) is 24.7. The number of carbonyl (C=O) groups is 1. The zero-order valence-electron chi connectivity index (χ0n) is 21.0. The van der Waals surface area contributed by atoms with E-state index < -0.39 is 0 Å². The summed E-state index contributed by atoms with van der Waals surface area (Å²) in [6.45, 7) is 11.7. The van der Waals surface area contributed by atoms with Gasteiger partial charge in [0, 0.05) is 35.9 Å². The summed E-state index contributed by atoms with van der Waals surface area (Å²) in [5.74, 6) is 1.63. The van der Waals surface area contributed by atoms with Crippen LogP contribution in [0.5, 0.6) is 0 Å². The standard InChI is InChI=1S/C28H34N4O2S/c1-20(22-8-6-5-7-9-22)29-26(33)23-12-10-21(11-13-23)19-35-27-30-24(28(2,3)4)18-25(31-27)32-14-16-34-17-15-32/h5-13,18,20H,14-17,19H2,1-4H3,(H,29,33). The molecule has 7 heteroatoms. The summed E-state index contributed by atoms with van der Waals surface area (Å²) in [5, 5.41) is 3.85. The molecule has 35 heavy (non-hydrogen) atoms. The first kappa shape index (κ1) is 25.2. The number of benzene rings is 2. The monoisotopic (exact) mass is 490 g/mol. The lowest BCUT2D eigenvalue weighted by molar-refractivity contribution is 0.0940. The molecule has 1 unspecified atom stereocenters. The van der Waals surface area contributed by atoms with E-state index in [0.717, 1.165) is 59.9 Å². The first-order valence-electron chi connectivity index (χ1n) is 12.1. The van der Waals surface area contributed by atoms with E-state index in [4.69, 9.17) is 14.7 Å². The maximum absolute atomic E-state index is 12.7. The van der Waals surface area contributed by atoms with Crippen LogP contribution in [-0.4, -0.2) is 42.2 Å². The van der Waals surface area contributed by atoms with Gasteiger partial charge in [-0.3, -0.25) is 4.79 Å². The Morgan fingerprint density at radius 3 is 2.40 bits per heavy atom. The Kier molecular flexibility index (Phi) is 8.08. The van der Waals surface area contributed by atoms with Crippen LogP contribution in [0.1, 0.15) is 60.9 Å². The summed E-state index contributed by atoms with van der Waals surface area (Å²) in [6, 6.07) is 19.8. The number of thioether (sulfide) groups is 1. The minimum Gasteiger partial charge on any atom is -0.378 e. The lowest BCUT2D eigenvalue weighted by Gasteiger charge is -2.29. The fraction of sp³-hybridized carbons (Fsp3) is 0.393. The van der Waals surface area contributed by atoms with Crippen LogP contribution >= 0.6 is 11.8 Å². The van der Waals surface area contributed by atoms with Crippen molar-refractivity contribution in [2.45, 2.75) is 50.1 Å². The fourth-order valence-corrected chi connectivity index (χ4v) is 4.63. The molecule has 2 heterocycles. The molecule has 6 nitrogen and oxygen atoms in total. The molecule has 0 saturated carbocycles. The van der Waals surface area contributed by atoms with Crippen molar-refractivity contribution >= 4 is 23.5 Å². The van der Waals surface area contributed by atoms with E-state index in [-0.39, 0.29) is 17.4 Å². The SMILES string of the molecule is CC(NC(=O)c1ccc(CSc2nc(N3CCOCC3)cc(C(C)(C)C)n2)cc1)c1ccccc1. The van der Waals surface area contributed by atoms with Crippen LogP contribution in [0.25, 0.3) is 0 Å². The van der Waals surface area contributed by atoms with Crippen molar-refractivity contribution in [2.75, 3.05) is 31.2 Å². The van der Waals surface area contributed by atoms with Crippen LogP contribution in [-0.2, 0) is 15.9 Å². The van der Waals surface area contributed by atoms with Crippen molar-refractivity contribution in [3.05, 3.63) is 83.0 Å². The van der Waals surface area contributed by atoms with Gasteiger partial charge in [-0.15, -0.1) is 0 Å². The van der Waals surface area contributed by atoms with Gasteiger partial charge in [-0.25, -0.2) is 9.97 Å². The molecule has 4 rings (SSSR count). The Morgan fingerprint density at radius 1 is 1.06 bits per heavy atom. The topological polar surface area (TPSA) is 67.4 Å². The summed E-state index contributed by atoms with van der Waals surface area (Å²) in [6.07, 6.45) is 0. The van der Waals surface area contributed by atoms with Crippen molar-refractivity contribution in [1.82, 2.24) is 15.3 Å². The number of ether oxygens (including phenoxy) is 1. The number of anilines is 1. The summed E-state index contributed by atoms with van der Waals surface area (Å²) < 4.78 is 5.51. The third-order valence-electron chi connectivity index (χ3n) is 6.03. The molecule has 1 amide bonds. The Bertz CT molecular complexity index is 1120. The van der Waals surface area contributed by atoms with Gasteiger partial charge in [0.2, 0.25) is 0 Å². The second-order valence-corrected chi connectivity index (χ2v) is 10.8. The normalized spacial score (nSPS) is 15.0. The molecule has 1 aliphatic rings. The van der Waals surface area contributed by atoms with Crippen LogP contribution in [0.3, 0.4) is 0 Å². The quantitative estimate of drug-likeness (QED) is 0.354. The van der Waals surface area contributed by atoms with Gasteiger partial charge in [0.1, 0.15) is 5.82 Å². The van der Waals surface area contributed by atoms with Crippen molar-refractivity contribution in [3.8, 4) is 0 Å². The maximum atomic E-state index is 12.7. The van der Waals surface area contributed by atoms with Gasteiger partial charge >= 0.3 is 0 Å². The summed E-state index contributed by atoms with van der Waals surface area (Å²) in [5.41, 5.74) is 3.84. The Morgan fingerprint density at radius 2 is 1.74 bits per heavy atom.